The van der Waals surface area contributed by atoms with Crippen molar-refractivity contribution in [3.05, 3.63) is 26.2 Å². The van der Waals surface area contributed by atoms with Crippen LogP contribution in [0.5, 0.6) is 0 Å². The molecule has 0 saturated carbocycles. The zero-order valence-electron chi connectivity index (χ0n) is 6.44. The zero-order valence-corrected chi connectivity index (χ0v) is 7.26. The van der Waals surface area contributed by atoms with Crippen molar-refractivity contribution >= 4 is 11.3 Å². The molecule has 0 unspecified atom stereocenters. The number of aromatic nitrogens is 1. The molecule has 65 valence electrons. The van der Waals surface area contributed by atoms with E-state index in [4.69, 9.17) is 0 Å². The number of rotatable bonds is 4. The van der Waals surface area contributed by atoms with E-state index in [0.29, 0.717) is 6.42 Å². The van der Waals surface area contributed by atoms with E-state index in [1.165, 1.54) is 11.3 Å². The van der Waals surface area contributed by atoms with E-state index in [9.17, 15) is 10.1 Å². The lowest BCUT2D eigenvalue weighted by Gasteiger charge is -1.96. The second-order valence-corrected chi connectivity index (χ2v) is 3.00. The van der Waals surface area contributed by atoms with Gasteiger partial charge in [0.25, 0.3) is 5.09 Å². The minimum absolute atomic E-state index is 0.0872. The van der Waals surface area contributed by atoms with Crippen molar-refractivity contribution in [2.24, 2.45) is 0 Å². The van der Waals surface area contributed by atoms with Crippen LogP contribution in [0.4, 0.5) is 0 Å². The molecule has 0 atom stereocenters. The molecule has 12 heavy (non-hydrogen) atoms. The van der Waals surface area contributed by atoms with Crippen LogP contribution in [0.15, 0.2) is 0 Å². The minimum atomic E-state index is -0.792. The van der Waals surface area contributed by atoms with Crippen molar-refractivity contribution in [1.29, 1.82) is 0 Å². The van der Waals surface area contributed by atoms with Crippen molar-refractivity contribution < 1.29 is 9.92 Å². The standard InChI is InChI=1S/C6H7N2O3S/c1-5-6(12-4-7-5)2-3-11-8(9)10/h2-3H2,1H3. The van der Waals surface area contributed by atoms with Crippen LogP contribution in [0.25, 0.3) is 0 Å². The highest BCUT2D eigenvalue weighted by Crippen LogP contribution is 2.11. The Hall–Kier alpha value is -1.17. The molecular weight excluding hydrogens is 180 g/mol. The van der Waals surface area contributed by atoms with Crippen LogP contribution in [0.3, 0.4) is 0 Å². The SMILES string of the molecule is Cc1n[c]sc1CCO[N+](=O)[O-]. The van der Waals surface area contributed by atoms with Gasteiger partial charge < -0.3 is 4.84 Å². The summed E-state index contributed by atoms with van der Waals surface area (Å²) >= 11 is 1.36. The van der Waals surface area contributed by atoms with Gasteiger partial charge in [-0.3, -0.25) is 0 Å². The average molecular weight is 187 g/mol. The molecule has 1 aromatic rings. The van der Waals surface area contributed by atoms with Gasteiger partial charge in [-0.15, -0.1) is 21.5 Å². The normalized spacial score (nSPS) is 9.75. The Kier molecular flexibility index (Phi) is 2.98. The van der Waals surface area contributed by atoms with Crippen LogP contribution in [-0.2, 0) is 11.3 Å². The van der Waals surface area contributed by atoms with E-state index < -0.39 is 5.09 Å². The molecule has 0 saturated heterocycles. The molecule has 0 N–H and O–H groups in total. The average Bonchev–Trinajstić information content (AvgIpc) is 2.36. The van der Waals surface area contributed by atoms with Crippen LogP contribution in [0.1, 0.15) is 10.6 Å². The number of hydrogen-bond acceptors (Lipinski definition) is 5. The Morgan fingerprint density at radius 2 is 2.58 bits per heavy atom. The number of hydrogen-bond donors (Lipinski definition) is 0. The molecule has 1 aromatic heterocycles. The van der Waals surface area contributed by atoms with Crippen LogP contribution >= 0.6 is 11.3 Å². The molecule has 0 amide bonds. The lowest BCUT2D eigenvalue weighted by atomic mass is 10.3. The van der Waals surface area contributed by atoms with Crippen LogP contribution in [-0.4, -0.2) is 16.7 Å². The number of nitrogens with zero attached hydrogens (tertiary/aromatic N) is 2. The van der Waals surface area contributed by atoms with Gasteiger partial charge in [0.1, 0.15) is 6.61 Å². The maximum Gasteiger partial charge on any atom is 0.294 e. The lowest BCUT2D eigenvalue weighted by Crippen LogP contribution is -2.04. The Labute approximate surface area is 73.1 Å². The summed E-state index contributed by atoms with van der Waals surface area (Å²) in [4.78, 5) is 18.8. The molecular formula is C6H7N2O3S. The third-order valence-electron chi connectivity index (χ3n) is 1.31. The maximum absolute atomic E-state index is 9.78. The Bertz CT molecular complexity index is 274. The molecule has 0 aliphatic heterocycles. The van der Waals surface area contributed by atoms with E-state index >= 15 is 0 Å². The quantitative estimate of drug-likeness (QED) is 0.521. The summed E-state index contributed by atoms with van der Waals surface area (Å²) in [5, 5.41) is 8.98. The van der Waals surface area contributed by atoms with Gasteiger partial charge in [-0.1, -0.05) is 0 Å². The molecule has 0 bridgehead atoms. The fourth-order valence-corrected chi connectivity index (χ4v) is 1.40. The second kappa shape index (κ2) is 4.01. The fourth-order valence-electron chi connectivity index (χ4n) is 0.727. The van der Waals surface area contributed by atoms with Crippen molar-refractivity contribution in [3.63, 3.8) is 0 Å². The first kappa shape index (κ1) is 8.92. The lowest BCUT2D eigenvalue weighted by molar-refractivity contribution is -0.757. The first-order valence-electron chi connectivity index (χ1n) is 3.30. The van der Waals surface area contributed by atoms with Crippen LogP contribution in [0.2, 0.25) is 0 Å². The zero-order chi connectivity index (χ0) is 8.97. The molecule has 5 nitrogen and oxygen atoms in total. The molecule has 1 heterocycles. The summed E-state index contributed by atoms with van der Waals surface area (Å²) in [6.45, 7) is 1.93. The highest BCUT2D eigenvalue weighted by molar-refractivity contribution is 7.09. The number of thiazole rings is 1. The third-order valence-corrected chi connectivity index (χ3v) is 2.24. The van der Waals surface area contributed by atoms with Crippen LogP contribution in [0, 0.1) is 22.5 Å². The monoisotopic (exact) mass is 187 g/mol. The van der Waals surface area contributed by atoms with E-state index in [-0.39, 0.29) is 6.61 Å². The van der Waals surface area contributed by atoms with Gasteiger partial charge in [0.05, 0.1) is 5.69 Å². The van der Waals surface area contributed by atoms with Crippen molar-refractivity contribution in [3.8, 4) is 0 Å². The van der Waals surface area contributed by atoms with Gasteiger partial charge in [0.15, 0.2) is 5.51 Å². The molecule has 0 aromatic carbocycles. The smallest absolute Gasteiger partial charge is 0.294 e. The van der Waals surface area contributed by atoms with Crippen molar-refractivity contribution in [2.45, 2.75) is 13.3 Å². The van der Waals surface area contributed by atoms with Gasteiger partial charge in [-0.2, -0.15) is 0 Å². The Morgan fingerprint density at radius 1 is 1.83 bits per heavy atom. The summed E-state index contributed by atoms with van der Waals surface area (Å²) in [7, 11) is 0. The largest absolute Gasteiger partial charge is 0.314 e. The summed E-state index contributed by atoms with van der Waals surface area (Å²) in [5.41, 5.74) is 3.57. The molecule has 1 radical (unpaired) electrons. The van der Waals surface area contributed by atoms with Crippen LogP contribution < -0.4 is 0 Å². The minimum Gasteiger partial charge on any atom is -0.314 e. The topological polar surface area (TPSA) is 65.3 Å². The first-order chi connectivity index (χ1) is 5.70. The Balaban J connectivity index is 2.33. The summed E-state index contributed by atoms with van der Waals surface area (Å²) in [5.74, 6) is 0. The van der Waals surface area contributed by atoms with Gasteiger partial charge >= 0.3 is 0 Å². The van der Waals surface area contributed by atoms with E-state index in [0.717, 1.165) is 10.6 Å². The predicted molar refractivity (Wildman–Crippen MR) is 42.3 cm³/mol. The maximum atomic E-state index is 9.78. The van der Waals surface area contributed by atoms with Crippen molar-refractivity contribution in [1.82, 2.24) is 4.98 Å². The fraction of sp³-hybridized carbons (Fsp3) is 0.500. The molecule has 0 spiro atoms. The molecule has 1 rings (SSSR count). The van der Waals surface area contributed by atoms with Gasteiger partial charge in [0.2, 0.25) is 0 Å². The first-order valence-corrected chi connectivity index (χ1v) is 4.11. The summed E-state index contributed by atoms with van der Waals surface area (Å²) in [6, 6.07) is 0. The van der Waals surface area contributed by atoms with E-state index in [1.54, 1.807) is 0 Å². The highest BCUT2D eigenvalue weighted by atomic mass is 32.1. The Morgan fingerprint density at radius 3 is 3.08 bits per heavy atom. The summed E-state index contributed by atoms with van der Waals surface area (Å²) in [6.07, 6.45) is 0.522. The van der Waals surface area contributed by atoms with E-state index in [2.05, 4.69) is 15.3 Å². The second-order valence-electron chi connectivity index (χ2n) is 2.12. The predicted octanol–water partition coefficient (Wildman–Crippen LogP) is 1.00. The van der Waals surface area contributed by atoms with Crippen molar-refractivity contribution in [2.75, 3.05) is 6.61 Å². The molecule has 0 fully saturated rings. The van der Waals surface area contributed by atoms with E-state index in [1.807, 2.05) is 6.92 Å². The highest BCUT2D eigenvalue weighted by Gasteiger charge is 2.02. The molecule has 6 heteroatoms. The van der Waals surface area contributed by atoms with Gasteiger partial charge in [-0.05, 0) is 6.92 Å². The molecule has 0 aliphatic carbocycles. The van der Waals surface area contributed by atoms with Gasteiger partial charge in [0, 0.05) is 11.3 Å². The third kappa shape index (κ3) is 2.46. The molecule has 0 aliphatic rings. The number of aryl methyl sites for hydroxylation is 1. The summed E-state index contributed by atoms with van der Waals surface area (Å²) < 4.78 is 0. The van der Waals surface area contributed by atoms with Gasteiger partial charge in [-0.25, -0.2) is 4.98 Å².